The van der Waals surface area contributed by atoms with Gasteiger partial charge in [-0.2, -0.15) is 5.26 Å². The van der Waals surface area contributed by atoms with E-state index in [2.05, 4.69) is 42.3 Å². The highest BCUT2D eigenvalue weighted by molar-refractivity contribution is 6.42. The van der Waals surface area contributed by atoms with Gasteiger partial charge in [0, 0.05) is 6.54 Å². The monoisotopic (exact) mass is 386 g/mol. The first-order valence-electron chi connectivity index (χ1n) is 9.14. The number of rotatable bonds is 8. The van der Waals surface area contributed by atoms with Crippen molar-refractivity contribution < 1.29 is 0 Å². The van der Waals surface area contributed by atoms with E-state index in [9.17, 15) is 5.26 Å². The minimum Gasteiger partial charge on any atom is -0.302 e. The van der Waals surface area contributed by atoms with Gasteiger partial charge in [0.1, 0.15) is 0 Å². The van der Waals surface area contributed by atoms with Gasteiger partial charge in [-0.1, -0.05) is 59.6 Å². The van der Waals surface area contributed by atoms with Crippen molar-refractivity contribution in [3.05, 3.63) is 69.7 Å². The molecule has 136 valence electrons. The molecule has 1 fully saturated rings. The van der Waals surface area contributed by atoms with Crippen LogP contribution in [0.1, 0.15) is 36.8 Å². The van der Waals surface area contributed by atoms with Crippen molar-refractivity contribution in [3.8, 4) is 6.07 Å². The molecule has 1 aliphatic rings. The summed E-state index contributed by atoms with van der Waals surface area (Å²) in [6.07, 6.45) is 4.07. The predicted octanol–water partition coefficient (Wildman–Crippen LogP) is 6.08. The van der Waals surface area contributed by atoms with Crippen LogP contribution in [0.5, 0.6) is 0 Å². The summed E-state index contributed by atoms with van der Waals surface area (Å²) in [6.45, 7) is 1.89. The van der Waals surface area contributed by atoms with Gasteiger partial charge in [0.05, 0.1) is 21.5 Å². The van der Waals surface area contributed by atoms with E-state index >= 15 is 0 Å². The van der Waals surface area contributed by atoms with Crippen LogP contribution in [-0.2, 0) is 12.0 Å². The highest BCUT2D eigenvalue weighted by atomic mass is 35.5. The molecule has 0 heterocycles. The van der Waals surface area contributed by atoms with Crippen LogP contribution >= 0.6 is 23.2 Å². The summed E-state index contributed by atoms with van der Waals surface area (Å²) in [5.74, 6) is 0.434. The molecule has 2 aromatic carbocycles. The average Bonchev–Trinajstić information content (AvgIpc) is 3.48. The zero-order valence-electron chi connectivity index (χ0n) is 15.1. The van der Waals surface area contributed by atoms with Crippen LogP contribution in [0.3, 0.4) is 0 Å². The molecule has 1 atom stereocenters. The van der Waals surface area contributed by atoms with Gasteiger partial charge < -0.3 is 4.90 Å². The van der Waals surface area contributed by atoms with Crippen LogP contribution in [0.25, 0.3) is 0 Å². The van der Waals surface area contributed by atoms with Gasteiger partial charge in [-0.25, -0.2) is 0 Å². The van der Waals surface area contributed by atoms with E-state index in [0.29, 0.717) is 16.0 Å². The summed E-state index contributed by atoms with van der Waals surface area (Å²) in [4.78, 5) is 2.32. The molecule has 0 radical (unpaired) electrons. The lowest BCUT2D eigenvalue weighted by Gasteiger charge is -2.28. The van der Waals surface area contributed by atoms with E-state index < -0.39 is 5.41 Å². The summed E-state index contributed by atoms with van der Waals surface area (Å²) in [5.41, 5.74) is 1.89. The third-order valence-electron chi connectivity index (χ3n) is 5.31. The fourth-order valence-corrected chi connectivity index (χ4v) is 4.05. The summed E-state index contributed by atoms with van der Waals surface area (Å²) in [5, 5.41) is 11.1. The zero-order chi connectivity index (χ0) is 18.6. The Morgan fingerprint density at radius 3 is 2.46 bits per heavy atom. The Hall–Kier alpha value is -1.53. The van der Waals surface area contributed by atoms with Crippen molar-refractivity contribution in [1.82, 2.24) is 4.90 Å². The van der Waals surface area contributed by atoms with Gasteiger partial charge in [-0.15, -0.1) is 0 Å². The molecule has 1 aliphatic carbocycles. The fourth-order valence-electron chi connectivity index (χ4n) is 3.75. The number of nitriles is 1. The van der Waals surface area contributed by atoms with Crippen LogP contribution in [0.4, 0.5) is 0 Å². The number of hydrogen-bond acceptors (Lipinski definition) is 2. The van der Waals surface area contributed by atoms with Crippen molar-refractivity contribution in [1.29, 1.82) is 5.26 Å². The maximum absolute atomic E-state index is 10.1. The lowest BCUT2D eigenvalue weighted by Crippen LogP contribution is -2.29. The molecule has 0 amide bonds. The maximum Gasteiger partial charge on any atom is 0.0851 e. The van der Waals surface area contributed by atoms with Crippen LogP contribution in [0.15, 0.2) is 48.5 Å². The molecule has 0 saturated heterocycles. The Morgan fingerprint density at radius 2 is 1.85 bits per heavy atom. The Labute approximate surface area is 166 Å². The molecule has 0 aromatic heterocycles. The van der Waals surface area contributed by atoms with Gasteiger partial charge in [0.25, 0.3) is 0 Å². The summed E-state index contributed by atoms with van der Waals surface area (Å²) >= 11 is 12.3. The first-order chi connectivity index (χ1) is 12.5. The molecular formula is C22H24Cl2N2. The van der Waals surface area contributed by atoms with Crippen LogP contribution < -0.4 is 0 Å². The molecule has 0 spiro atoms. The topological polar surface area (TPSA) is 27.0 Å². The molecule has 3 rings (SSSR count). The smallest absolute Gasteiger partial charge is 0.0851 e. The summed E-state index contributed by atoms with van der Waals surface area (Å²) in [6, 6.07) is 18.8. The molecule has 0 bridgehead atoms. The first-order valence-corrected chi connectivity index (χ1v) is 9.90. The summed E-state index contributed by atoms with van der Waals surface area (Å²) in [7, 11) is 2.14. The molecule has 0 N–H and O–H groups in total. The minimum absolute atomic E-state index is 0.434. The fraction of sp³-hybridized carbons (Fsp3) is 0.409. The lowest BCUT2D eigenvalue weighted by molar-refractivity contribution is 0.299. The SMILES string of the molecule is CN(CCCC(C#N)(c1ccc(Cl)c(Cl)c1)C1CC1)Cc1ccccc1. The summed E-state index contributed by atoms with van der Waals surface area (Å²) < 4.78 is 0. The Balaban J connectivity index is 1.66. The second-order valence-electron chi connectivity index (χ2n) is 7.31. The molecule has 26 heavy (non-hydrogen) atoms. The predicted molar refractivity (Wildman–Crippen MR) is 108 cm³/mol. The van der Waals surface area contributed by atoms with Crippen molar-refractivity contribution in [2.75, 3.05) is 13.6 Å². The highest BCUT2D eigenvalue weighted by Gasteiger charge is 2.46. The van der Waals surface area contributed by atoms with Gasteiger partial charge in [-0.3, -0.25) is 0 Å². The van der Waals surface area contributed by atoms with Gasteiger partial charge in [0.2, 0.25) is 0 Å². The van der Waals surface area contributed by atoms with Crippen LogP contribution in [0.2, 0.25) is 10.0 Å². The van der Waals surface area contributed by atoms with E-state index in [0.717, 1.165) is 44.3 Å². The standard InChI is InChI=1S/C22H24Cl2N2/c1-26(15-17-6-3-2-4-7-17)13-5-12-22(16-25,18-8-9-18)19-10-11-20(23)21(24)14-19/h2-4,6-7,10-11,14,18H,5,8-9,12-13,15H2,1H3. The van der Waals surface area contributed by atoms with Crippen molar-refractivity contribution >= 4 is 23.2 Å². The third kappa shape index (κ3) is 4.41. The number of halogens is 2. The van der Waals surface area contributed by atoms with Gasteiger partial charge in [0.15, 0.2) is 0 Å². The van der Waals surface area contributed by atoms with Crippen molar-refractivity contribution in [2.45, 2.75) is 37.6 Å². The first kappa shape index (κ1) is 19.2. The van der Waals surface area contributed by atoms with Gasteiger partial charge in [-0.05, 0) is 68.5 Å². The average molecular weight is 387 g/mol. The van der Waals surface area contributed by atoms with Crippen molar-refractivity contribution in [2.24, 2.45) is 5.92 Å². The van der Waals surface area contributed by atoms with E-state index in [1.807, 2.05) is 24.3 Å². The number of nitrogens with zero attached hydrogens (tertiary/aromatic N) is 2. The normalized spacial score (nSPS) is 16.3. The zero-order valence-corrected chi connectivity index (χ0v) is 16.6. The highest BCUT2D eigenvalue weighted by Crippen LogP contribution is 2.50. The molecular weight excluding hydrogens is 363 g/mol. The molecule has 0 aliphatic heterocycles. The van der Waals surface area contributed by atoms with Crippen LogP contribution in [-0.4, -0.2) is 18.5 Å². The third-order valence-corrected chi connectivity index (χ3v) is 6.05. The number of benzene rings is 2. The number of hydrogen-bond donors (Lipinski definition) is 0. The van der Waals surface area contributed by atoms with Crippen LogP contribution in [0, 0.1) is 17.2 Å². The Bertz CT molecular complexity index is 780. The quantitative estimate of drug-likeness (QED) is 0.549. The molecule has 2 aromatic rings. The Kier molecular flexibility index (Phi) is 6.24. The van der Waals surface area contributed by atoms with E-state index in [4.69, 9.17) is 23.2 Å². The second kappa shape index (κ2) is 8.44. The maximum atomic E-state index is 10.1. The largest absolute Gasteiger partial charge is 0.302 e. The van der Waals surface area contributed by atoms with Crippen molar-refractivity contribution in [3.63, 3.8) is 0 Å². The molecule has 1 unspecified atom stereocenters. The molecule has 4 heteroatoms. The minimum atomic E-state index is -0.443. The van der Waals surface area contributed by atoms with E-state index in [-0.39, 0.29) is 0 Å². The van der Waals surface area contributed by atoms with Gasteiger partial charge >= 0.3 is 0 Å². The molecule has 1 saturated carbocycles. The molecule has 2 nitrogen and oxygen atoms in total. The van der Waals surface area contributed by atoms with E-state index in [1.54, 1.807) is 0 Å². The lowest BCUT2D eigenvalue weighted by atomic mass is 9.74. The Morgan fingerprint density at radius 1 is 1.12 bits per heavy atom. The second-order valence-corrected chi connectivity index (χ2v) is 8.13. The van der Waals surface area contributed by atoms with E-state index in [1.165, 1.54) is 5.56 Å².